The van der Waals surface area contributed by atoms with Gasteiger partial charge in [-0.25, -0.2) is 9.78 Å². The molecule has 6 nitrogen and oxygen atoms in total. The molecule has 1 atom stereocenters. The van der Waals surface area contributed by atoms with Crippen molar-refractivity contribution in [1.29, 1.82) is 0 Å². The zero-order valence-electron chi connectivity index (χ0n) is 19.4. The van der Waals surface area contributed by atoms with Gasteiger partial charge in [-0.15, -0.1) is 0 Å². The fraction of sp³-hybridized carbons (Fsp3) is 0.250. The van der Waals surface area contributed by atoms with Gasteiger partial charge in [0.05, 0.1) is 12.3 Å². The molecule has 174 valence electrons. The molecule has 0 bridgehead atoms. The van der Waals surface area contributed by atoms with Crippen LogP contribution in [0.4, 0.5) is 0 Å². The highest BCUT2D eigenvalue weighted by atomic mass is 16.5. The predicted octanol–water partition coefficient (Wildman–Crippen LogP) is 5.61. The summed E-state index contributed by atoms with van der Waals surface area (Å²) in [5.74, 6) is 1.08. The number of hydrogen-bond acceptors (Lipinski definition) is 5. The van der Waals surface area contributed by atoms with Gasteiger partial charge in [-0.2, -0.15) is 0 Å². The molecule has 0 aliphatic carbocycles. The quantitative estimate of drug-likeness (QED) is 0.229. The lowest BCUT2D eigenvalue weighted by atomic mass is 10.0. The minimum Gasteiger partial charge on any atom is -0.464 e. The van der Waals surface area contributed by atoms with Crippen LogP contribution in [0.2, 0.25) is 0 Å². The molecule has 2 heterocycles. The van der Waals surface area contributed by atoms with Gasteiger partial charge in [-0.3, -0.25) is 4.79 Å². The minimum absolute atomic E-state index is 0.0440. The van der Waals surface area contributed by atoms with Crippen molar-refractivity contribution in [2.24, 2.45) is 0 Å². The van der Waals surface area contributed by atoms with Crippen LogP contribution in [0.5, 0.6) is 0 Å². The molecule has 2 aromatic heterocycles. The number of hydrogen-bond donors (Lipinski definition) is 0. The summed E-state index contributed by atoms with van der Waals surface area (Å²) in [6.07, 6.45) is 5.06. The molecule has 0 aliphatic heterocycles. The first-order valence-corrected chi connectivity index (χ1v) is 11.5. The zero-order chi connectivity index (χ0) is 23.9. The molecule has 2 aromatic carbocycles. The summed E-state index contributed by atoms with van der Waals surface area (Å²) in [6, 6.07) is 20.5. The van der Waals surface area contributed by atoms with Crippen LogP contribution in [-0.2, 0) is 22.4 Å². The SMILES string of the molecule is CCOC(=O)[C@H](Cc1ccc(C(=O)CCc2nc(-c3ccccc3)oc2C)cc1)n1cccc1. The number of ether oxygens (including phenoxy) is 1. The van der Waals surface area contributed by atoms with E-state index in [4.69, 9.17) is 9.15 Å². The lowest BCUT2D eigenvalue weighted by Crippen LogP contribution is -2.23. The largest absolute Gasteiger partial charge is 0.464 e. The van der Waals surface area contributed by atoms with Gasteiger partial charge >= 0.3 is 5.97 Å². The van der Waals surface area contributed by atoms with E-state index in [1.807, 2.05) is 90.6 Å². The first-order chi connectivity index (χ1) is 16.5. The highest BCUT2D eigenvalue weighted by molar-refractivity contribution is 5.96. The van der Waals surface area contributed by atoms with Crippen LogP contribution in [0.15, 0.2) is 83.5 Å². The maximum Gasteiger partial charge on any atom is 0.329 e. The number of ketones is 1. The second kappa shape index (κ2) is 10.8. The molecule has 4 rings (SSSR count). The Balaban J connectivity index is 1.39. The average Bonchev–Trinajstić information content (AvgIpc) is 3.52. The van der Waals surface area contributed by atoms with Crippen molar-refractivity contribution in [2.75, 3.05) is 6.61 Å². The maximum atomic E-state index is 12.8. The van der Waals surface area contributed by atoms with Crippen LogP contribution in [0.25, 0.3) is 11.5 Å². The van der Waals surface area contributed by atoms with Crippen LogP contribution >= 0.6 is 0 Å². The van der Waals surface area contributed by atoms with Gasteiger partial charge in [0.15, 0.2) is 5.78 Å². The first kappa shape index (κ1) is 23.2. The average molecular weight is 457 g/mol. The Morgan fingerprint density at radius 1 is 1.00 bits per heavy atom. The summed E-state index contributed by atoms with van der Waals surface area (Å²) in [5, 5.41) is 0. The van der Waals surface area contributed by atoms with Crippen molar-refractivity contribution in [3.8, 4) is 11.5 Å². The van der Waals surface area contributed by atoms with Gasteiger partial charge in [-0.05, 0) is 43.7 Å². The Morgan fingerprint density at radius 3 is 2.38 bits per heavy atom. The minimum atomic E-state index is -0.439. The van der Waals surface area contributed by atoms with Crippen molar-refractivity contribution < 1.29 is 18.7 Å². The highest BCUT2D eigenvalue weighted by Crippen LogP contribution is 2.23. The summed E-state index contributed by atoms with van der Waals surface area (Å²) in [6.45, 7) is 4.01. The molecule has 6 heteroatoms. The topological polar surface area (TPSA) is 74.3 Å². The van der Waals surface area contributed by atoms with E-state index in [1.165, 1.54) is 0 Å². The Bertz CT molecular complexity index is 1230. The van der Waals surface area contributed by atoms with Gasteiger partial charge in [0.25, 0.3) is 0 Å². The Labute approximate surface area is 199 Å². The number of aryl methyl sites for hydroxylation is 2. The Hall–Kier alpha value is -3.93. The van der Waals surface area contributed by atoms with Crippen molar-refractivity contribution in [3.05, 3.63) is 102 Å². The Morgan fingerprint density at radius 2 is 1.71 bits per heavy atom. The monoisotopic (exact) mass is 456 g/mol. The van der Waals surface area contributed by atoms with Crippen LogP contribution in [0.1, 0.15) is 46.8 Å². The number of oxazole rings is 1. The number of rotatable bonds is 10. The molecule has 34 heavy (non-hydrogen) atoms. The molecule has 0 saturated heterocycles. The molecule has 4 aromatic rings. The third-order valence-electron chi connectivity index (χ3n) is 5.75. The predicted molar refractivity (Wildman–Crippen MR) is 130 cm³/mol. The molecule has 0 saturated carbocycles. The smallest absolute Gasteiger partial charge is 0.329 e. The van der Waals surface area contributed by atoms with Gasteiger partial charge in [0, 0.05) is 42.8 Å². The second-order valence-corrected chi connectivity index (χ2v) is 8.11. The molecule has 0 amide bonds. The van der Waals surface area contributed by atoms with E-state index in [-0.39, 0.29) is 11.8 Å². The number of esters is 1. The van der Waals surface area contributed by atoms with Crippen molar-refractivity contribution in [1.82, 2.24) is 9.55 Å². The van der Waals surface area contributed by atoms with Crippen LogP contribution in [0.3, 0.4) is 0 Å². The molecule has 0 aliphatic rings. The van der Waals surface area contributed by atoms with Crippen molar-refractivity contribution in [2.45, 2.75) is 39.2 Å². The van der Waals surface area contributed by atoms with Crippen molar-refractivity contribution in [3.63, 3.8) is 0 Å². The van der Waals surface area contributed by atoms with E-state index in [0.717, 1.165) is 22.6 Å². The molecule has 0 unspecified atom stereocenters. The van der Waals surface area contributed by atoms with Crippen molar-refractivity contribution >= 4 is 11.8 Å². The molecule has 0 spiro atoms. The number of Topliss-reactive ketones (excluding diaryl/α,β-unsaturated/α-hetero) is 1. The van der Waals surface area contributed by atoms with Gasteiger partial charge in [0.2, 0.25) is 5.89 Å². The number of benzene rings is 2. The molecule has 0 N–H and O–H groups in total. The number of nitrogens with zero attached hydrogens (tertiary/aromatic N) is 2. The first-order valence-electron chi connectivity index (χ1n) is 11.5. The number of carbonyl (C=O) groups excluding carboxylic acids is 2. The summed E-state index contributed by atoms with van der Waals surface area (Å²) in [7, 11) is 0. The summed E-state index contributed by atoms with van der Waals surface area (Å²) >= 11 is 0. The maximum absolute atomic E-state index is 12.8. The third-order valence-corrected chi connectivity index (χ3v) is 5.75. The fourth-order valence-electron chi connectivity index (χ4n) is 3.89. The fourth-order valence-corrected chi connectivity index (χ4v) is 3.89. The zero-order valence-corrected chi connectivity index (χ0v) is 19.4. The number of aromatic nitrogens is 2. The molecule has 0 radical (unpaired) electrons. The second-order valence-electron chi connectivity index (χ2n) is 8.11. The standard InChI is InChI=1S/C28H28N2O4/c1-3-33-28(32)25(30-17-7-8-18-30)19-21-11-13-22(14-12-21)26(31)16-15-24-20(2)34-27(29-24)23-9-5-4-6-10-23/h4-14,17-18,25H,3,15-16,19H2,1-2H3/t25-/m0/s1. The van der Waals surface area contributed by atoms with E-state index in [1.54, 1.807) is 6.92 Å². The van der Waals surface area contributed by atoms with E-state index in [0.29, 0.717) is 37.3 Å². The van der Waals surface area contributed by atoms with Gasteiger partial charge < -0.3 is 13.7 Å². The molecule has 0 fully saturated rings. The Kier molecular flexibility index (Phi) is 7.38. The van der Waals surface area contributed by atoms with E-state index in [2.05, 4.69) is 4.98 Å². The van der Waals surface area contributed by atoms with Gasteiger partial charge in [-0.1, -0.05) is 42.5 Å². The lowest BCUT2D eigenvalue weighted by Gasteiger charge is -2.17. The van der Waals surface area contributed by atoms with Crippen LogP contribution in [-0.4, -0.2) is 27.9 Å². The van der Waals surface area contributed by atoms with Crippen LogP contribution in [0, 0.1) is 6.92 Å². The summed E-state index contributed by atoms with van der Waals surface area (Å²) in [4.78, 5) is 29.8. The van der Waals surface area contributed by atoms with Crippen LogP contribution < -0.4 is 0 Å². The normalized spacial score (nSPS) is 11.8. The summed E-state index contributed by atoms with van der Waals surface area (Å²) in [5.41, 5.74) is 3.32. The molecular weight excluding hydrogens is 428 g/mol. The highest BCUT2D eigenvalue weighted by Gasteiger charge is 2.21. The number of carbonyl (C=O) groups is 2. The third kappa shape index (κ3) is 5.52. The lowest BCUT2D eigenvalue weighted by molar-refractivity contribution is -0.147. The van der Waals surface area contributed by atoms with Gasteiger partial charge in [0.1, 0.15) is 11.8 Å². The summed E-state index contributed by atoms with van der Waals surface area (Å²) < 4.78 is 12.9. The molecular formula is C28H28N2O4. The van der Waals surface area contributed by atoms with E-state index < -0.39 is 6.04 Å². The van der Waals surface area contributed by atoms with E-state index in [9.17, 15) is 9.59 Å². The van der Waals surface area contributed by atoms with E-state index >= 15 is 0 Å².